The van der Waals surface area contributed by atoms with E-state index in [2.05, 4.69) is 56.2 Å². The van der Waals surface area contributed by atoms with Gasteiger partial charge in [0.2, 0.25) is 0 Å². The van der Waals surface area contributed by atoms with Crippen molar-refractivity contribution in [3.05, 3.63) is 61.5 Å². The van der Waals surface area contributed by atoms with Crippen LogP contribution in [0.15, 0.2) is 45.3 Å². The van der Waals surface area contributed by atoms with E-state index in [4.69, 9.17) is 11.6 Å². The Morgan fingerprint density at radius 1 is 1.11 bits per heavy atom. The maximum Gasteiger partial charge on any atom is 0.0548 e. The van der Waals surface area contributed by atoms with E-state index in [0.717, 1.165) is 26.2 Å². The average Bonchev–Trinajstić information content (AvgIpc) is 2.34. The summed E-state index contributed by atoms with van der Waals surface area (Å²) in [4.78, 5) is 0. The van der Waals surface area contributed by atoms with Gasteiger partial charge in [0.25, 0.3) is 0 Å². The van der Waals surface area contributed by atoms with Crippen LogP contribution in [-0.4, -0.2) is 0 Å². The van der Waals surface area contributed by atoms with E-state index in [1.165, 1.54) is 11.1 Å². The number of hydrogen-bond donors (Lipinski definition) is 1. The number of anilines is 1. The highest BCUT2D eigenvalue weighted by Crippen LogP contribution is 2.25. The molecule has 4 heteroatoms. The zero-order valence-electron chi connectivity index (χ0n) is 9.81. The first-order chi connectivity index (χ1) is 8.56. The molecule has 0 aliphatic carbocycles. The summed E-state index contributed by atoms with van der Waals surface area (Å²) in [6.45, 7) is 2.86. The molecule has 0 saturated carbocycles. The van der Waals surface area contributed by atoms with Gasteiger partial charge in [0.1, 0.15) is 0 Å². The predicted octanol–water partition coefficient (Wildman–Crippen LogP) is 5.79. The van der Waals surface area contributed by atoms with Gasteiger partial charge in [-0.3, -0.25) is 0 Å². The number of halogens is 3. The van der Waals surface area contributed by atoms with Gasteiger partial charge in [-0.15, -0.1) is 0 Å². The molecule has 0 atom stereocenters. The molecule has 0 fully saturated rings. The molecule has 0 saturated heterocycles. The third-order valence-electron chi connectivity index (χ3n) is 2.67. The predicted molar refractivity (Wildman–Crippen MR) is 85.4 cm³/mol. The summed E-state index contributed by atoms with van der Waals surface area (Å²) in [6, 6.07) is 12.2. The lowest BCUT2D eigenvalue weighted by Gasteiger charge is -2.10. The first-order valence-corrected chi connectivity index (χ1v) is 7.46. The van der Waals surface area contributed by atoms with E-state index in [1.807, 2.05) is 24.3 Å². The van der Waals surface area contributed by atoms with E-state index in [0.29, 0.717) is 0 Å². The average molecular weight is 390 g/mol. The largest absolute Gasteiger partial charge is 0.381 e. The lowest BCUT2D eigenvalue weighted by molar-refractivity contribution is 1.14. The third-order valence-corrected chi connectivity index (χ3v) is 4.37. The lowest BCUT2D eigenvalue weighted by Crippen LogP contribution is -2.01. The number of nitrogens with one attached hydrogen (secondary N) is 1. The third kappa shape index (κ3) is 3.50. The van der Waals surface area contributed by atoms with Gasteiger partial charge < -0.3 is 5.32 Å². The zero-order chi connectivity index (χ0) is 13.1. The van der Waals surface area contributed by atoms with Crippen LogP contribution in [0.25, 0.3) is 0 Å². The second-order valence-electron chi connectivity index (χ2n) is 4.06. The second-order valence-corrected chi connectivity index (χ2v) is 6.24. The maximum atomic E-state index is 5.97. The van der Waals surface area contributed by atoms with E-state index >= 15 is 0 Å². The molecule has 0 bridgehead atoms. The fraction of sp³-hybridized carbons (Fsp3) is 0.143. The Kier molecular flexibility index (Phi) is 4.71. The molecule has 2 rings (SSSR count). The van der Waals surface area contributed by atoms with E-state index in [-0.39, 0.29) is 0 Å². The van der Waals surface area contributed by atoms with Gasteiger partial charge in [-0.25, -0.2) is 0 Å². The molecule has 18 heavy (non-hydrogen) atoms. The summed E-state index contributed by atoms with van der Waals surface area (Å²) in [7, 11) is 0. The van der Waals surface area contributed by atoms with Gasteiger partial charge in [0, 0.05) is 21.2 Å². The number of aryl methyl sites for hydroxylation is 1. The molecule has 2 aromatic rings. The fourth-order valence-electron chi connectivity index (χ4n) is 1.63. The Balaban J connectivity index is 2.11. The highest BCUT2D eigenvalue weighted by molar-refractivity contribution is 9.10. The molecule has 2 aromatic carbocycles. The zero-order valence-corrected chi connectivity index (χ0v) is 13.7. The van der Waals surface area contributed by atoms with Crippen molar-refractivity contribution in [2.75, 3.05) is 5.32 Å². The van der Waals surface area contributed by atoms with Crippen LogP contribution < -0.4 is 5.32 Å². The van der Waals surface area contributed by atoms with Crippen LogP contribution in [0.5, 0.6) is 0 Å². The minimum atomic E-state index is 0.734. The van der Waals surface area contributed by atoms with Crippen LogP contribution >= 0.6 is 43.5 Å². The number of benzene rings is 2. The standard InChI is InChI=1S/C14H12Br2ClN/c1-9-2-4-11(15)7-14(9)18-8-10-3-5-13(17)12(16)6-10/h2-7,18H,8H2,1H3. The summed E-state index contributed by atoms with van der Waals surface area (Å²) in [5, 5.41) is 4.16. The van der Waals surface area contributed by atoms with Crippen molar-refractivity contribution in [1.29, 1.82) is 0 Å². The van der Waals surface area contributed by atoms with E-state index in [1.54, 1.807) is 0 Å². The molecule has 0 aliphatic rings. The van der Waals surface area contributed by atoms with Crippen LogP contribution in [0, 0.1) is 6.92 Å². The lowest BCUT2D eigenvalue weighted by atomic mass is 10.2. The second kappa shape index (κ2) is 6.09. The van der Waals surface area contributed by atoms with Gasteiger partial charge in [-0.05, 0) is 58.2 Å². The monoisotopic (exact) mass is 387 g/mol. The highest BCUT2D eigenvalue weighted by Gasteiger charge is 2.01. The van der Waals surface area contributed by atoms with Crippen molar-refractivity contribution in [2.24, 2.45) is 0 Å². The van der Waals surface area contributed by atoms with Gasteiger partial charge in [-0.2, -0.15) is 0 Å². The molecule has 0 radical (unpaired) electrons. The summed E-state index contributed by atoms with van der Waals surface area (Å²) in [5.74, 6) is 0. The first kappa shape index (κ1) is 13.9. The van der Waals surface area contributed by atoms with Crippen molar-refractivity contribution in [1.82, 2.24) is 0 Å². The highest BCUT2D eigenvalue weighted by atomic mass is 79.9. The number of hydrogen-bond acceptors (Lipinski definition) is 1. The van der Waals surface area contributed by atoms with Crippen LogP contribution in [0.3, 0.4) is 0 Å². The summed E-state index contributed by atoms with van der Waals surface area (Å²) in [5.41, 5.74) is 3.55. The van der Waals surface area contributed by atoms with Gasteiger partial charge in [-0.1, -0.05) is 39.7 Å². The summed E-state index contributed by atoms with van der Waals surface area (Å²) >= 11 is 12.9. The Bertz CT molecular complexity index is 570. The molecule has 0 aromatic heterocycles. The molecular weight excluding hydrogens is 377 g/mol. The molecule has 1 N–H and O–H groups in total. The normalized spacial score (nSPS) is 10.4. The van der Waals surface area contributed by atoms with Crippen LogP contribution in [0.2, 0.25) is 5.02 Å². The smallest absolute Gasteiger partial charge is 0.0548 e. The van der Waals surface area contributed by atoms with Crippen molar-refractivity contribution >= 4 is 49.1 Å². The van der Waals surface area contributed by atoms with Crippen molar-refractivity contribution in [3.8, 4) is 0 Å². The molecule has 0 heterocycles. The Morgan fingerprint density at radius 3 is 2.61 bits per heavy atom. The molecule has 0 spiro atoms. The maximum absolute atomic E-state index is 5.97. The molecule has 1 nitrogen and oxygen atoms in total. The molecular formula is C14H12Br2ClN. The van der Waals surface area contributed by atoms with Gasteiger partial charge in [0.05, 0.1) is 5.02 Å². The topological polar surface area (TPSA) is 12.0 Å². The Morgan fingerprint density at radius 2 is 1.89 bits per heavy atom. The van der Waals surface area contributed by atoms with Crippen molar-refractivity contribution < 1.29 is 0 Å². The summed E-state index contributed by atoms with van der Waals surface area (Å²) < 4.78 is 2.00. The SMILES string of the molecule is Cc1ccc(Br)cc1NCc1ccc(Cl)c(Br)c1. The number of rotatable bonds is 3. The van der Waals surface area contributed by atoms with Crippen molar-refractivity contribution in [3.63, 3.8) is 0 Å². The Hall–Kier alpha value is -0.510. The molecule has 0 unspecified atom stereocenters. The summed E-state index contributed by atoms with van der Waals surface area (Å²) in [6.07, 6.45) is 0. The molecule has 0 amide bonds. The molecule has 0 aliphatic heterocycles. The molecule has 94 valence electrons. The quantitative estimate of drug-likeness (QED) is 0.701. The van der Waals surface area contributed by atoms with Crippen molar-refractivity contribution in [2.45, 2.75) is 13.5 Å². The van der Waals surface area contributed by atoms with Crippen LogP contribution in [0.1, 0.15) is 11.1 Å². The minimum absolute atomic E-state index is 0.734. The van der Waals surface area contributed by atoms with E-state index < -0.39 is 0 Å². The van der Waals surface area contributed by atoms with Gasteiger partial charge >= 0.3 is 0 Å². The first-order valence-electron chi connectivity index (χ1n) is 5.50. The Labute approximate surface area is 129 Å². The minimum Gasteiger partial charge on any atom is -0.381 e. The van der Waals surface area contributed by atoms with Crippen LogP contribution in [0.4, 0.5) is 5.69 Å². The fourth-order valence-corrected chi connectivity index (χ4v) is 2.54. The van der Waals surface area contributed by atoms with Crippen LogP contribution in [-0.2, 0) is 6.54 Å². The van der Waals surface area contributed by atoms with E-state index in [9.17, 15) is 0 Å². The van der Waals surface area contributed by atoms with Gasteiger partial charge in [0.15, 0.2) is 0 Å².